The molecule has 2 aliphatic heterocycles. The van der Waals surface area contributed by atoms with Crippen LogP contribution in [-0.4, -0.2) is 64.8 Å². The van der Waals surface area contributed by atoms with Crippen molar-refractivity contribution >= 4 is 5.91 Å². The largest absolute Gasteiger partial charge is 0.349 e. The molecule has 3 heterocycles. The van der Waals surface area contributed by atoms with Crippen LogP contribution in [0.3, 0.4) is 0 Å². The standard InChI is InChI=1S/C19H33N5O/c1-5-8-24-14-19(6-9-22(3)10-7-19)12-17(24)18(25)20-13-16-11-15(2)21-23(16)4/h11,17H,5-10,12-14H2,1-4H3,(H,20,25)/t17-/m1/s1. The number of piperidine rings is 1. The molecule has 6 nitrogen and oxygen atoms in total. The van der Waals surface area contributed by atoms with E-state index in [9.17, 15) is 4.79 Å². The van der Waals surface area contributed by atoms with Crippen molar-refractivity contribution in [3.05, 3.63) is 17.5 Å². The highest BCUT2D eigenvalue weighted by Gasteiger charge is 2.47. The second kappa shape index (κ2) is 7.46. The van der Waals surface area contributed by atoms with Crippen LogP contribution in [0.15, 0.2) is 6.07 Å². The molecule has 3 rings (SSSR count). The molecular formula is C19H33N5O. The molecule has 140 valence electrons. The Morgan fingerprint density at radius 3 is 2.68 bits per heavy atom. The van der Waals surface area contributed by atoms with Gasteiger partial charge in [0.2, 0.25) is 5.91 Å². The number of nitrogens with zero attached hydrogens (tertiary/aromatic N) is 4. The van der Waals surface area contributed by atoms with Crippen LogP contribution in [0.4, 0.5) is 0 Å². The number of aromatic nitrogens is 2. The van der Waals surface area contributed by atoms with Gasteiger partial charge in [-0.05, 0) is 70.8 Å². The fourth-order valence-corrected chi connectivity index (χ4v) is 4.51. The number of carbonyl (C=O) groups is 1. The van der Waals surface area contributed by atoms with Crippen LogP contribution >= 0.6 is 0 Å². The summed E-state index contributed by atoms with van der Waals surface area (Å²) in [6, 6.07) is 2.06. The van der Waals surface area contributed by atoms with E-state index in [-0.39, 0.29) is 11.9 Å². The van der Waals surface area contributed by atoms with Gasteiger partial charge in [-0.25, -0.2) is 0 Å². The van der Waals surface area contributed by atoms with Gasteiger partial charge in [0.25, 0.3) is 0 Å². The molecular weight excluding hydrogens is 314 g/mol. The molecule has 0 aliphatic carbocycles. The highest BCUT2D eigenvalue weighted by molar-refractivity contribution is 5.82. The highest BCUT2D eigenvalue weighted by atomic mass is 16.2. The summed E-state index contributed by atoms with van der Waals surface area (Å²) in [4.78, 5) is 17.8. The van der Waals surface area contributed by atoms with Crippen LogP contribution < -0.4 is 5.32 Å². The van der Waals surface area contributed by atoms with Gasteiger partial charge < -0.3 is 10.2 Å². The third-order valence-corrected chi connectivity index (χ3v) is 6.01. The Labute approximate surface area is 151 Å². The van der Waals surface area contributed by atoms with Crippen molar-refractivity contribution in [2.45, 2.75) is 52.1 Å². The maximum Gasteiger partial charge on any atom is 0.237 e. The summed E-state index contributed by atoms with van der Waals surface area (Å²) in [5.41, 5.74) is 2.39. The van der Waals surface area contributed by atoms with E-state index in [0.717, 1.165) is 50.4 Å². The molecule has 1 N–H and O–H groups in total. The highest BCUT2D eigenvalue weighted by Crippen LogP contribution is 2.43. The molecule has 25 heavy (non-hydrogen) atoms. The minimum absolute atomic E-state index is 0.0256. The molecule has 1 aromatic rings. The molecule has 0 radical (unpaired) electrons. The molecule has 2 fully saturated rings. The van der Waals surface area contributed by atoms with E-state index in [1.807, 2.05) is 24.7 Å². The Morgan fingerprint density at radius 1 is 1.36 bits per heavy atom. The predicted octanol–water partition coefficient (Wildman–Crippen LogP) is 1.54. The zero-order valence-corrected chi connectivity index (χ0v) is 16.2. The molecule has 0 unspecified atom stereocenters. The maximum atomic E-state index is 12.9. The van der Waals surface area contributed by atoms with E-state index in [0.29, 0.717) is 12.0 Å². The molecule has 0 bridgehead atoms. The lowest BCUT2D eigenvalue weighted by Crippen LogP contribution is -2.43. The lowest BCUT2D eigenvalue weighted by molar-refractivity contribution is -0.125. The van der Waals surface area contributed by atoms with E-state index in [1.54, 1.807) is 0 Å². The monoisotopic (exact) mass is 347 g/mol. The molecule has 2 aliphatic rings. The number of hydrogen-bond acceptors (Lipinski definition) is 4. The third-order valence-electron chi connectivity index (χ3n) is 6.01. The van der Waals surface area contributed by atoms with E-state index in [2.05, 4.69) is 34.2 Å². The predicted molar refractivity (Wildman–Crippen MR) is 99.2 cm³/mol. The lowest BCUT2D eigenvalue weighted by Gasteiger charge is -2.37. The first-order valence-electron chi connectivity index (χ1n) is 9.62. The molecule has 1 amide bonds. The Bertz CT molecular complexity index is 603. The number of hydrogen-bond donors (Lipinski definition) is 1. The molecule has 1 atom stereocenters. The number of rotatable bonds is 5. The third kappa shape index (κ3) is 4.06. The van der Waals surface area contributed by atoms with E-state index in [4.69, 9.17) is 0 Å². The summed E-state index contributed by atoms with van der Waals surface area (Å²) in [6.07, 6.45) is 4.54. The Balaban J connectivity index is 1.64. The van der Waals surface area contributed by atoms with E-state index >= 15 is 0 Å². The molecule has 0 aromatic carbocycles. The zero-order chi connectivity index (χ0) is 18.0. The van der Waals surface area contributed by atoms with Crippen LogP contribution in [-0.2, 0) is 18.4 Å². The van der Waals surface area contributed by atoms with Gasteiger partial charge in [0.15, 0.2) is 0 Å². The first-order chi connectivity index (χ1) is 11.9. The number of carbonyl (C=O) groups excluding carboxylic acids is 1. The van der Waals surface area contributed by atoms with Crippen molar-refractivity contribution in [2.24, 2.45) is 12.5 Å². The van der Waals surface area contributed by atoms with Gasteiger partial charge >= 0.3 is 0 Å². The van der Waals surface area contributed by atoms with Crippen LogP contribution in [0.25, 0.3) is 0 Å². The van der Waals surface area contributed by atoms with E-state index in [1.165, 1.54) is 12.8 Å². The quantitative estimate of drug-likeness (QED) is 0.878. The smallest absolute Gasteiger partial charge is 0.237 e. The maximum absolute atomic E-state index is 12.9. The zero-order valence-electron chi connectivity index (χ0n) is 16.2. The first kappa shape index (κ1) is 18.4. The minimum Gasteiger partial charge on any atom is -0.349 e. The summed E-state index contributed by atoms with van der Waals surface area (Å²) in [5.74, 6) is 0.183. The van der Waals surface area contributed by atoms with Gasteiger partial charge in [0.05, 0.1) is 24.0 Å². The van der Waals surface area contributed by atoms with Crippen LogP contribution in [0.1, 0.15) is 44.0 Å². The Hall–Kier alpha value is -1.40. The molecule has 1 aromatic heterocycles. The van der Waals surface area contributed by atoms with Crippen molar-refractivity contribution in [2.75, 3.05) is 33.2 Å². The van der Waals surface area contributed by atoms with Gasteiger partial charge in [-0.2, -0.15) is 5.10 Å². The number of likely N-dealkylation sites (tertiary alicyclic amines) is 2. The summed E-state index contributed by atoms with van der Waals surface area (Å²) < 4.78 is 1.85. The Morgan fingerprint density at radius 2 is 2.08 bits per heavy atom. The van der Waals surface area contributed by atoms with Gasteiger partial charge in [-0.1, -0.05) is 6.92 Å². The average molecular weight is 348 g/mol. The summed E-state index contributed by atoms with van der Waals surface area (Å²) in [7, 11) is 4.13. The van der Waals surface area contributed by atoms with Crippen molar-refractivity contribution < 1.29 is 4.79 Å². The molecule has 2 saturated heterocycles. The number of amides is 1. The summed E-state index contributed by atoms with van der Waals surface area (Å²) in [5, 5.41) is 7.52. The lowest BCUT2D eigenvalue weighted by atomic mass is 9.76. The molecule has 6 heteroatoms. The first-order valence-corrected chi connectivity index (χ1v) is 9.62. The average Bonchev–Trinajstić information content (AvgIpc) is 3.09. The summed E-state index contributed by atoms with van der Waals surface area (Å²) in [6.45, 7) is 9.15. The minimum atomic E-state index is 0.0256. The van der Waals surface area contributed by atoms with Gasteiger partial charge in [0.1, 0.15) is 0 Å². The van der Waals surface area contributed by atoms with Crippen LogP contribution in [0, 0.1) is 12.3 Å². The molecule has 0 saturated carbocycles. The number of aryl methyl sites for hydroxylation is 2. The summed E-state index contributed by atoms with van der Waals surface area (Å²) >= 11 is 0. The molecule has 1 spiro atoms. The fraction of sp³-hybridized carbons (Fsp3) is 0.789. The van der Waals surface area contributed by atoms with Crippen molar-refractivity contribution in [3.63, 3.8) is 0 Å². The second-order valence-corrected chi connectivity index (χ2v) is 8.11. The topological polar surface area (TPSA) is 53.4 Å². The number of nitrogens with one attached hydrogen (secondary N) is 1. The Kier molecular flexibility index (Phi) is 5.49. The van der Waals surface area contributed by atoms with Gasteiger partial charge in [0, 0.05) is 13.6 Å². The normalized spacial score (nSPS) is 24.1. The SMILES string of the molecule is CCCN1CC2(CCN(C)CC2)C[C@@H]1C(=O)NCc1cc(C)nn1C. The van der Waals surface area contributed by atoms with Crippen LogP contribution in [0.2, 0.25) is 0 Å². The van der Waals surface area contributed by atoms with Crippen molar-refractivity contribution in [3.8, 4) is 0 Å². The van der Waals surface area contributed by atoms with Gasteiger partial charge in [-0.15, -0.1) is 0 Å². The van der Waals surface area contributed by atoms with Crippen molar-refractivity contribution in [1.29, 1.82) is 0 Å². The van der Waals surface area contributed by atoms with Crippen LogP contribution in [0.5, 0.6) is 0 Å². The van der Waals surface area contributed by atoms with Crippen molar-refractivity contribution in [1.82, 2.24) is 24.9 Å². The van der Waals surface area contributed by atoms with Gasteiger partial charge in [-0.3, -0.25) is 14.4 Å². The van der Waals surface area contributed by atoms with E-state index < -0.39 is 0 Å². The second-order valence-electron chi connectivity index (χ2n) is 8.11. The fourth-order valence-electron chi connectivity index (χ4n) is 4.51.